The fraction of sp³-hybridized carbons (Fsp3) is 1.00. The lowest BCUT2D eigenvalue weighted by Crippen LogP contribution is -2.46. The molecule has 0 heterocycles. The van der Waals surface area contributed by atoms with Crippen molar-refractivity contribution < 1.29 is 66.0 Å². The first-order valence-corrected chi connectivity index (χ1v) is 8.78. The average Bonchev–Trinajstić information content (AvgIpc) is 2.78. The molecule has 0 aliphatic heterocycles. The third-order valence-corrected chi connectivity index (χ3v) is 4.34. The quantitative estimate of drug-likeness (QED) is 0.114. The molecular formula is C16H36O13. The number of aliphatic hydroxyl groups is 12. The van der Waals surface area contributed by atoms with Crippen molar-refractivity contribution in [1.82, 2.24) is 0 Å². The highest BCUT2D eigenvalue weighted by atomic mass is 16.5. The van der Waals surface area contributed by atoms with Crippen LogP contribution in [0.25, 0.3) is 0 Å². The molecule has 0 aliphatic rings. The standard InChI is InChI=1S/C10H22O7.C6H14O6/c11-1-9(2-12,3-13)7-17-8-10(4-14,5-15)6-16;7-1-3(9)5(11)6(12)4(10)2-8/h11-16H,1-8H2;3-12H,1-2H2. The van der Waals surface area contributed by atoms with E-state index in [2.05, 4.69) is 0 Å². The van der Waals surface area contributed by atoms with E-state index in [1.165, 1.54) is 0 Å². The zero-order chi connectivity index (χ0) is 23.1. The van der Waals surface area contributed by atoms with E-state index in [-0.39, 0.29) is 13.2 Å². The highest BCUT2D eigenvalue weighted by molar-refractivity contribution is 4.80. The normalized spacial score (nSPS) is 16.6. The van der Waals surface area contributed by atoms with Gasteiger partial charge in [0.25, 0.3) is 0 Å². The van der Waals surface area contributed by atoms with Gasteiger partial charge in [-0.05, 0) is 0 Å². The summed E-state index contributed by atoms with van der Waals surface area (Å²) in [6, 6.07) is 0. The minimum absolute atomic E-state index is 0.141. The van der Waals surface area contributed by atoms with Crippen LogP contribution >= 0.6 is 0 Å². The second-order valence-electron chi connectivity index (χ2n) is 6.92. The molecule has 0 rings (SSSR count). The predicted molar refractivity (Wildman–Crippen MR) is 96.4 cm³/mol. The smallest absolute Gasteiger partial charge is 0.111 e. The van der Waals surface area contributed by atoms with Gasteiger partial charge in [-0.2, -0.15) is 0 Å². The van der Waals surface area contributed by atoms with Crippen LogP contribution in [0.4, 0.5) is 0 Å². The molecule has 0 fully saturated rings. The lowest BCUT2D eigenvalue weighted by molar-refractivity contribution is -0.123. The molecule has 0 radical (unpaired) electrons. The van der Waals surface area contributed by atoms with Crippen molar-refractivity contribution in [3.05, 3.63) is 0 Å². The Morgan fingerprint density at radius 3 is 0.897 bits per heavy atom. The summed E-state index contributed by atoms with van der Waals surface area (Å²) in [4.78, 5) is 0. The lowest BCUT2D eigenvalue weighted by Gasteiger charge is -2.31. The van der Waals surface area contributed by atoms with E-state index < -0.39 is 88.1 Å². The van der Waals surface area contributed by atoms with Crippen LogP contribution in [-0.4, -0.2) is 152 Å². The van der Waals surface area contributed by atoms with Crippen LogP contribution in [0, 0.1) is 10.8 Å². The van der Waals surface area contributed by atoms with Gasteiger partial charge in [0, 0.05) is 0 Å². The molecule has 178 valence electrons. The maximum atomic E-state index is 9.03. The zero-order valence-electron chi connectivity index (χ0n) is 16.2. The van der Waals surface area contributed by atoms with Crippen LogP contribution in [0.15, 0.2) is 0 Å². The Bertz CT molecular complexity index is 325. The topological polar surface area (TPSA) is 252 Å². The second kappa shape index (κ2) is 16.2. The maximum Gasteiger partial charge on any atom is 0.111 e. The molecule has 0 amide bonds. The van der Waals surface area contributed by atoms with E-state index in [0.717, 1.165) is 0 Å². The van der Waals surface area contributed by atoms with Gasteiger partial charge in [-0.25, -0.2) is 0 Å². The van der Waals surface area contributed by atoms with Crippen molar-refractivity contribution >= 4 is 0 Å². The van der Waals surface area contributed by atoms with Gasteiger partial charge in [-0.15, -0.1) is 0 Å². The molecule has 0 bridgehead atoms. The van der Waals surface area contributed by atoms with E-state index in [0.29, 0.717) is 0 Å². The van der Waals surface area contributed by atoms with Crippen LogP contribution in [0.3, 0.4) is 0 Å². The third kappa shape index (κ3) is 10.4. The average molecular weight is 436 g/mol. The molecule has 0 spiro atoms. The summed E-state index contributed by atoms with van der Waals surface area (Å²) in [5, 5.41) is 106. The van der Waals surface area contributed by atoms with Crippen LogP contribution in [0.1, 0.15) is 0 Å². The Kier molecular flexibility index (Phi) is 17.1. The van der Waals surface area contributed by atoms with Gasteiger partial charge in [0.2, 0.25) is 0 Å². The summed E-state index contributed by atoms with van der Waals surface area (Å²) in [5.41, 5.74) is -2.32. The highest BCUT2D eigenvalue weighted by Crippen LogP contribution is 2.19. The van der Waals surface area contributed by atoms with Gasteiger partial charge in [0.15, 0.2) is 0 Å². The van der Waals surface area contributed by atoms with Crippen molar-refractivity contribution in [2.45, 2.75) is 24.4 Å². The first-order valence-electron chi connectivity index (χ1n) is 8.78. The Balaban J connectivity index is 0. The van der Waals surface area contributed by atoms with Gasteiger partial charge in [-0.3, -0.25) is 0 Å². The first kappa shape index (κ1) is 30.7. The molecule has 0 aromatic rings. The Hall–Kier alpha value is -0.520. The van der Waals surface area contributed by atoms with Gasteiger partial charge in [0.1, 0.15) is 24.4 Å². The minimum Gasteiger partial charge on any atom is -0.396 e. The van der Waals surface area contributed by atoms with E-state index >= 15 is 0 Å². The summed E-state index contributed by atoms with van der Waals surface area (Å²) in [7, 11) is 0. The molecule has 12 N–H and O–H groups in total. The van der Waals surface area contributed by atoms with Gasteiger partial charge < -0.3 is 66.0 Å². The van der Waals surface area contributed by atoms with E-state index in [4.69, 9.17) is 66.0 Å². The number of hydrogen-bond acceptors (Lipinski definition) is 13. The van der Waals surface area contributed by atoms with Crippen LogP contribution < -0.4 is 0 Å². The van der Waals surface area contributed by atoms with Gasteiger partial charge in [-0.1, -0.05) is 0 Å². The summed E-state index contributed by atoms with van der Waals surface area (Å²) in [6.45, 7) is -4.46. The summed E-state index contributed by atoms with van der Waals surface area (Å²) >= 11 is 0. The van der Waals surface area contributed by atoms with E-state index in [1.807, 2.05) is 0 Å². The summed E-state index contributed by atoms with van der Waals surface area (Å²) in [6.07, 6.45) is -6.39. The molecule has 4 unspecified atom stereocenters. The molecule has 4 atom stereocenters. The third-order valence-electron chi connectivity index (χ3n) is 4.34. The Labute approximate surface area is 168 Å². The predicted octanol–water partition coefficient (Wildman–Crippen LogP) is -6.66. The van der Waals surface area contributed by atoms with Crippen molar-refractivity contribution in [1.29, 1.82) is 0 Å². The molecule has 0 aliphatic carbocycles. The van der Waals surface area contributed by atoms with E-state index in [9.17, 15) is 0 Å². The number of ether oxygens (including phenoxy) is 1. The fourth-order valence-corrected chi connectivity index (χ4v) is 1.73. The van der Waals surface area contributed by atoms with Crippen molar-refractivity contribution in [2.24, 2.45) is 10.8 Å². The highest BCUT2D eigenvalue weighted by Gasteiger charge is 2.33. The lowest BCUT2D eigenvalue weighted by atomic mass is 9.91. The first-order chi connectivity index (χ1) is 13.6. The second-order valence-corrected chi connectivity index (χ2v) is 6.92. The molecule has 0 aromatic carbocycles. The van der Waals surface area contributed by atoms with Crippen LogP contribution in [0.2, 0.25) is 0 Å². The van der Waals surface area contributed by atoms with Crippen molar-refractivity contribution in [2.75, 3.05) is 66.1 Å². The van der Waals surface area contributed by atoms with E-state index in [1.54, 1.807) is 0 Å². The zero-order valence-corrected chi connectivity index (χ0v) is 16.2. The SMILES string of the molecule is OCC(CO)(CO)COCC(CO)(CO)CO.OCC(O)C(O)C(O)C(O)CO. The van der Waals surface area contributed by atoms with Crippen molar-refractivity contribution in [3.63, 3.8) is 0 Å². The molecule has 13 nitrogen and oxygen atoms in total. The monoisotopic (exact) mass is 436 g/mol. The number of rotatable bonds is 15. The minimum atomic E-state index is -1.67. The molecule has 0 aromatic heterocycles. The van der Waals surface area contributed by atoms with Gasteiger partial charge >= 0.3 is 0 Å². The summed E-state index contributed by atoms with van der Waals surface area (Å²) < 4.78 is 5.15. The molecular weight excluding hydrogens is 400 g/mol. The Morgan fingerprint density at radius 1 is 0.483 bits per heavy atom. The summed E-state index contributed by atoms with van der Waals surface area (Å²) in [5.74, 6) is 0. The molecule has 0 saturated heterocycles. The fourth-order valence-electron chi connectivity index (χ4n) is 1.73. The molecule has 29 heavy (non-hydrogen) atoms. The number of hydrogen-bond donors (Lipinski definition) is 12. The van der Waals surface area contributed by atoms with Crippen LogP contribution in [-0.2, 0) is 4.74 Å². The van der Waals surface area contributed by atoms with Crippen molar-refractivity contribution in [3.8, 4) is 0 Å². The maximum absolute atomic E-state index is 9.03. The Morgan fingerprint density at radius 2 is 0.724 bits per heavy atom. The number of aliphatic hydroxyl groups excluding tert-OH is 12. The van der Waals surface area contributed by atoms with Gasteiger partial charge in [0.05, 0.1) is 76.9 Å². The molecule has 13 heteroatoms. The molecule has 0 saturated carbocycles. The van der Waals surface area contributed by atoms with Crippen LogP contribution in [0.5, 0.6) is 0 Å². The largest absolute Gasteiger partial charge is 0.396 e.